The van der Waals surface area contributed by atoms with Gasteiger partial charge in [-0.15, -0.1) is 11.8 Å². The van der Waals surface area contributed by atoms with E-state index in [1.54, 1.807) is 18.0 Å². The molecule has 1 aliphatic heterocycles. The van der Waals surface area contributed by atoms with Crippen LogP contribution in [0.15, 0.2) is 82.8 Å². The molecule has 4 nitrogen and oxygen atoms in total. The third-order valence-corrected chi connectivity index (χ3v) is 7.16. The molecule has 7 heteroatoms. The van der Waals surface area contributed by atoms with Gasteiger partial charge in [-0.2, -0.15) is 16.9 Å². The van der Waals surface area contributed by atoms with E-state index in [1.165, 1.54) is 0 Å². The number of nitrogens with zero attached hydrogens (tertiary/aromatic N) is 1. The molecule has 1 aliphatic rings. The molecule has 0 bridgehead atoms. The zero-order chi connectivity index (χ0) is 21.5. The predicted octanol–water partition coefficient (Wildman–Crippen LogP) is 5.89. The van der Waals surface area contributed by atoms with Gasteiger partial charge >= 0.3 is 0 Å². The van der Waals surface area contributed by atoms with Gasteiger partial charge in [-0.3, -0.25) is 4.79 Å². The van der Waals surface area contributed by atoms with Gasteiger partial charge in [0.25, 0.3) is 5.91 Å². The van der Waals surface area contributed by atoms with Crippen molar-refractivity contribution in [3.8, 4) is 5.75 Å². The normalized spacial score (nSPS) is 13.7. The van der Waals surface area contributed by atoms with E-state index in [2.05, 4.69) is 10.5 Å². The minimum Gasteiger partial charge on any atom is -0.489 e. The first kappa shape index (κ1) is 21.8. The molecule has 0 aromatic heterocycles. The molecule has 1 fully saturated rings. The second-order valence-corrected chi connectivity index (χ2v) is 9.55. The summed E-state index contributed by atoms with van der Waals surface area (Å²) in [6.45, 7) is 0. The summed E-state index contributed by atoms with van der Waals surface area (Å²) in [6.07, 6.45) is 1.95. The van der Waals surface area contributed by atoms with Crippen LogP contribution in [0.1, 0.15) is 21.5 Å². The molecule has 31 heavy (non-hydrogen) atoms. The first-order valence-corrected chi connectivity index (χ1v) is 12.3. The van der Waals surface area contributed by atoms with E-state index < -0.39 is 0 Å². The standard InChI is InChI=1S/C24H21ClN2O2S2/c25-20-7-11-23(12-8-20)31-14-18-1-5-19(6-2-18)24(28)27-26-13-17-3-9-21(10-4-17)29-22-15-30-16-22/h1-13,22H,14-16H2,(H,27,28)/b26-13-. The summed E-state index contributed by atoms with van der Waals surface area (Å²) in [7, 11) is 0. The third kappa shape index (κ3) is 6.53. The highest BCUT2D eigenvalue weighted by atomic mass is 35.5. The van der Waals surface area contributed by atoms with Crippen molar-refractivity contribution < 1.29 is 9.53 Å². The van der Waals surface area contributed by atoms with Gasteiger partial charge in [0, 0.05) is 32.7 Å². The summed E-state index contributed by atoms with van der Waals surface area (Å²) >= 11 is 9.53. The summed E-state index contributed by atoms with van der Waals surface area (Å²) in [5.41, 5.74) is 5.18. The number of carbonyl (C=O) groups is 1. The largest absolute Gasteiger partial charge is 0.489 e. The van der Waals surface area contributed by atoms with E-state index in [4.69, 9.17) is 16.3 Å². The number of ether oxygens (including phenoxy) is 1. The molecule has 4 rings (SSSR count). The number of amides is 1. The molecule has 0 spiro atoms. The molecule has 0 atom stereocenters. The van der Waals surface area contributed by atoms with Crippen molar-refractivity contribution in [1.82, 2.24) is 5.43 Å². The molecule has 3 aromatic carbocycles. The second kappa shape index (κ2) is 10.8. The van der Waals surface area contributed by atoms with Crippen LogP contribution in [-0.4, -0.2) is 29.7 Å². The quantitative estimate of drug-likeness (QED) is 0.254. The number of hydrogen-bond acceptors (Lipinski definition) is 5. The van der Waals surface area contributed by atoms with Gasteiger partial charge in [0.05, 0.1) is 6.21 Å². The molecular weight excluding hydrogens is 448 g/mol. The molecule has 3 aromatic rings. The Kier molecular flexibility index (Phi) is 7.57. The fourth-order valence-corrected chi connectivity index (χ4v) is 4.33. The Balaban J connectivity index is 1.24. The Morgan fingerprint density at radius 1 is 1.06 bits per heavy atom. The maximum atomic E-state index is 12.3. The monoisotopic (exact) mass is 468 g/mol. The lowest BCUT2D eigenvalue weighted by Crippen LogP contribution is -2.30. The lowest BCUT2D eigenvalue weighted by atomic mass is 10.1. The number of halogens is 1. The van der Waals surface area contributed by atoms with Crippen LogP contribution < -0.4 is 10.2 Å². The molecule has 0 unspecified atom stereocenters. The number of benzene rings is 3. The highest BCUT2D eigenvalue weighted by Gasteiger charge is 2.19. The van der Waals surface area contributed by atoms with Crippen molar-refractivity contribution in [1.29, 1.82) is 0 Å². The van der Waals surface area contributed by atoms with Gasteiger partial charge in [-0.25, -0.2) is 5.43 Å². The number of rotatable bonds is 8. The van der Waals surface area contributed by atoms with Crippen LogP contribution in [0.5, 0.6) is 5.75 Å². The molecule has 0 radical (unpaired) electrons. The number of carbonyl (C=O) groups excluding carboxylic acids is 1. The van der Waals surface area contributed by atoms with Crippen molar-refractivity contribution in [3.05, 3.63) is 94.5 Å². The zero-order valence-corrected chi connectivity index (χ0v) is 19.1. The van der Waals surface area contributed by atoms with Crippen molar-refractivity contribution in [2.24, 2.45) is 5.10 Å². The summed E-state index contributed by atoms with van der Waals surface area (Å²) < 4.78 is 5.82. The van der Waals surface area contributed by atoms with Gasteiger partial charge in [0.15, 0.2) is 0 Å². The molecule has 1 saturated heterocycles. The average Bonchev–Trinajstić information content (AvgIpc) is 2.77. The predicted molar refractivity (Wildman–Crippen MR) is 131 cm³/mol. The van der Waals surface area contributed by atoms with Crippen molar-refractivity contribution in [3.63, 3.8) is 0 Å². The Hall–Kier alpha value is -2.41. The van der Waals surface area contributed by atoms with Gasteiger partial charge in [0.2, 0.25) is 0 Å². The highest BCUT2D eigenvalue weighted by molar-refractivity contribution is 8.00. The summed E-state index contributed by atoms with van der Waals surface area (Å²) in [4.78, 5) is 13.5. The van der Waals surface area contributed by atoms with Crippen LogP contribution in [0.2, 0.25) is 5.02 Å². The van der Waals surface area contributed by atoms with Crippen molar-refractivity contribution >= 4 is 47.2 Å². The van der Waals surface area contributed by atoms with Crippen molar-refractivity contribution in [2.75, 3.05) is 11.5 Å². The van der Waals surface area contributed by atoms with Gasteiger partial charge < -0.3 is 4.74 Å². The number of thioether (sulfide) groups is 2. The summed E-state index contributed by atoms with van der Waals surface area (Å²) in [5, 5.41) is 4.79. The van der Waals surface area contributed by atoms with Crippen LogP contribution in [0, 0.1) is 0 Å². The van der Waals surface area contributed by atoms with Crippen LogP contribution in [0.3, 0.4) is 0 Å². The highest BCUT2D eigenvalue weighted by Crippen LogP contribution is 2.25. The molecule has 1 amide bonds. The maximum absolute atomic E-state index is 12.3. The lowest BCUT2D eigenvalue weighted by molar-refractivity contribution is 0.0955. The topological polar surface area (TPSA) is 50.7 Å². The smallest absolute Gasteiger partial charge is 0.271 e. The third-order valence-electron chi connectivity index (χ3n) is 4.61. The Labute approximate surface area is 195 Å². The van der Waals surface area contributed by atoms with Crippen LogP contribution in [-0.2, 0) is 5.75 Å². The van der Waals surface area contributed by atoms with Gasteiger partial charge in [0.1, 0.15) is 11.9 Å². The van der Waals surface area contributed by atoms with E-state index in [0.29, 0.717) is 11.7 Å². The van der Waals surface area contributed by atoms with E-state index in [1.807, 2.05) is 84.6 Å². The molecule has 1 heterocycles. The average molecular weight is 469 g/mol. The fraction of sp³-hybridized carbons (Fsp3) is 0.167. The number of hydrazone groups is 1. The minimum absolute atomic E-state index is 0.240. The van der Waals surface area contributed by atoms with Crippen LogP contribution in [0.4, 0.5) is 0 Å². The van der Waals surface area contributed by atoms with E-state index >= 15 is 0 Å². The fourth-order valence-electron chi connectivity index (χ4n) is 2.79. The minimum atomic E-state index is -0.240. The van der Waals surface area contributed by atoms with Crippen LogP contribution >= 0.6 is 35.1 Å². The Bertz CT molecular complexity index is 1030. The molecule has 158 valence electrons. The summed E-state index contributed by atoms with van der Waals surface area (Å²) in [6, 6.07) is 23.0. The molecule has 0 saturated carbocycles. The van der Waals surface area contributed by atoms with E-state index in [-0.39, 0.29) is 5.91 Å². The lowest BCUT2D eigenvalue weighted by Gasteiger charge is -2.25. The Morgan fingerprint density at radius 2 is 1.77 bits per heavy atom. The van der Waals surface area contributed by atoms with Crippen molar-refractivity contribution in [2.45, 2.75) is 16.8 Å². The summed E-state index contributed by atoms with van der Waals surface area (Å²) in [5.74, 6) is 3.55. The maximum Gasteiger partial charge on any atom is 0.271 e. The SMILES string of the molecule is O=C(N/N=C\c1ccc(OC2CSC2)cc1)c1ccc(CSc2ccc(Cl)cc2)cc1. The number of nitrogens with one attached hydrogen (secondary N) is 1. The first-order chi connectivity index (χ1) is 15.2. The molecular formula is C24H21ClN2O2S2. The zero-order valence-electron chi connectivity index (χ0n) is 16.7. The first-order valence-electron chi connectivity index (χ1n) is 9.81. The molecule has 1 N–H and O–H groups in total. The van der Waals surface area contributed by atoms with E-state index in [9.17, 15) is 4.79 Å². The van der Waals surface area contributed by atoms with Gasteiger partial charge in [-0.1, -0.05) is 23.7 Å². The van der Waals surface area contributed by atoms with E-state index in [0.717, 1.165) is 44.1 Å². The van der Waals surface area contributed by atoms with Crippen LogP contribution in [0.25, 0.3) is 0 Å². The Morgan fingerprint density at radius 3 is 2.42 bits per heavy atom. The molecule has 0 aliphatic carbocycles. The van der Waals surface area contributed by atoms with Gasteiger partial charge in [-0.05, 0) is 71.8 Å². The second-order valence-electron chi connectivity index (χ2n) is 6.98. The number of hydrogen-bond donors (Lipinski definition) is 1.